The van der Waals surface area contributed by atoms with E-state index in [-0.39, 0.29) is 0 Å². The molecule has 1 aromatic heterocycles. The smallest absolute Gasteiger partial charge is 0.133 e. The Bertz CT molecular complexity index is 913. The number of aryl methyl sites for hydroxylation is 1. The predicted octanol–water partition coefficient (Wildman–Crippen LogP) is 5.94. The van der Waals surface area contributed by atoms with Crippen LogP contribution in [0.15, 0.2) is 65.7 Å². The summed E-state index contributed by atoms with van der Waals surface area (Å²) >= 11 is 0. The van der Waals surface area contributed by atoms with Crippen LogP contribution in [0.5, 0.6) is 0 Å². The normalized spacial score (nSPS) is 16.4. The Morgan fingerprint density at radius 3 is 2.40 bits per heavy atom. The first-order valence-electron chi connectivity index (χ1n) is 9.58. The second-order valence-corrected chi connectivity index (χ2v) is 7.03. The highest BCUT2D eigenvalue weighted by atomic mass is 15.0. The maximum absolute atomic E-state index is 4.91. The first kappa shape index (κ1) is 16.1. The number of para-hydroxylation sites is 1. The first-order chi connectivity index (χ1) is 12.3. The van der Waals surface area contributed by atoms with Crippen molar-refractivity contribution in [2.75, 3.05) is 0 Å². The Balaban J connectivity index is 1.69. The van der Waals surface area contributed by atoms with Gasteiger partial charge in [0.25, 0.3) is 0 Å². The number of aromatic nitrogens is 1. The molecule has 1 fully saturated rings. The molecule has 0 aliphatic heterocycles. The van der Waals surface area contributed by atoms with Gasteiger partial charge in [-0.3, -0.25) is 0 Å². The van der Waals surface area contributed by atoms with Gasteiger partial charge in [-0.15, -0.1) is 0 Å². The van der Waals surface area contributed by atoms with E-state index in [9.17, 15) is 0 Å². The van der Waals surface area contributed by atoms with Gasteiger partial charge in [-0.2, -0.15) is 0 Å². The van der Waals surface area contributed by atoms with E-state index in [2.05, 4.69) is 72.2 Å². The van der Waals surface area contributed by atoms with Crippen molar-refractivity contribution in [2.45, 2.75) is 51.5 Å². The van der Waals surface area contributed by atoms with Crippen molar-refractivity contribution in [3.05, 3.63) is 71.7 Å². The molecule has 2 aromatic carbocycles. The summed E-state index contributed by atoms with van der Waals surface area (Å²) in [5.41, 5.74) is 4.79. The Hall–Kier alpha value is -2.35. The van der Waals surface area contributed by atoms with Gasteiger partial charge in [0.1, 0.15) is 5.49 Å². The third-order valence-corrected chi connectivity index (χ3v) is 5.45. The van der Waals surface area contributed by atoms with Crippen LogP contribution < -0.4 is 5.49 Å². The number of benzene rings is 2. The number of hydrogen-bond acceptors (Lipinski definition) is 1. The summed E-state index contributed by atoms with van der Waals surface area (Å²) in [4.78, 5) is 4.91. The molecule has 4 rings (SSSR count). The van der Waals surface area contributed by atoms with E-state index in [1.807, 2.05) is 0 Å². The van der Waals surface area contributed by atoms with E-state index in [0.29, 0.717) is 0 Å². The van der Waals surface area contributed by atoms with Gasteiger partial charge in [0, 0.05) is 12.1 Å². The van der Waals surface area contributed by atoms with Gasteiger partial charge in [0.15, 0.2) is 0 Å². The van der Waals surface area contributed by atoms with E-state index in [4.69, 9.17) is 4.99 Å². The van der Waals surface area contributed by atoms with Crippen LogP contribution in [-0.2, 0) is 6.54 Å². The molecule has 0 bridgehead atoms. The number of rotatable bonds is 3. The van der Waals surface area contributed by atoms with Gasteiger partial charge in [0.05, 0.1) is 5.69 Å². The standard InChI is InChI=1S/C23H26N2/c1-2-25-22-11-7-6-10-20(22)14-17-23(25)24-21-15-12-19(13-16-21)18-8-4-3-5-9-18/h6-7,10-18H,2-5,8-9H2,1H3. The van der Waals surface area contributed by atoms with Gasteiger partial charge in [-0.1, -0.05) is 49.6 Å². The van der Waals surface area contributed by atoms with E-state index in [0.717, 1.165) is 23.6 Å². The molecule has 25 heavy (non-hydrogen) atoms. The fourth-order valence-electron chi connectivity index (χ4n) is 4.07. The molecular weight excluding hydrogens is 304 g/mol. The molecule has 0 saturated heterocycles. The van der Waals surface area contributed by atoms with Crippen molar-refractivity contribution in [3.63, 3.8) is 0 Å². The lowest BCUT2D eigenvalue weighted by Crippen LogP contribution is -2.19. The second kappa shape index (κ2) is 7.26. The van der Waals surface area contributed by atoms with Crippen molar-refractivity contribution in [1.29, 1.82) is 0 Å². The molecule has 2 heteroatoms. The van der Waals surface area contributed by atoms with Crippen molar-refractivity contribution in [1.82, 2.24) is 4.57 Å². The molecule has 0 N–H and O–H groups in total. The van der Waals surface area contributed by atoms with Gasteiger partial charge < -0.3 is 4.57 Å². The minimum absolute atomic E-state index is 0.754. The van der Waals surface area contributed by atoms with Gasteiger partial charge in [-0.25, -0.2) is 4.99 Å². The molecule has 1 aliphatic carbocycles. The Kier molecular flexibility index (Phi) is 4.69. The maximum atomic E-state index is 4.91. The van der Waals surface area contributed by atoms with Crippen LogP contribution in [-0.4, -0.2) is 4.57 Å². The second-order valence-electron chi connectivity index (χ2n) is 7.03. The van der Waals surface area contributed by atoms with Gasteiger partial charge >= 0.3 is 0 Å². The molecular formula is C23H26N2. The summed E-state index contributed by atoms with van der Waals surface area (Å²) in [7, 11) is 0. The van der Waals surface area contributed by atoms with E-state index in [1.54, 1.807) is 0 Å². The van der Waals surface area contributed by atoms with E-state index < -0.39 is 0 Å². The lowest BCUT2D eigenvalue weighted by Gasteiger charge is -2.21. The number of hydrogen-bond donors (Lipinski definition) is 0. The van der Waals surface area contributed by atoms with Crippen molar-refractivity contribution in [3.8, 4) is 0 Å². The van der Waals surface area contributed by atoms with Gasteiger partial charge in [0.2, 0.25) is 0 Å². The van der Waals surface area contributed by atoms with Crippen molar-refractivity contribution >= 4 is 16.6 Å². The SMILES string of the molecule is CCn1c(=Nc2ccc(C3CCCCC3)cc2)ccc2ccccc21. The number of pyridine rings is 1. The summed E-state index contributed by atoms with van der Waals surface area (Å²) in [6, 6.07) is 21.7. The largest absolute Gasteiger partial charge is 0.326 e. The zero-order valence-corrected chi connectivity index (χ0v) is 15.0. The number of nitrogens with zero attached hydrogens (tertiary/aromatic N) is 2. The molecule has 0 atom stereocenters. The minimum Gasteiger partial charge on any atom is -0.326 e. The molecule has 0 amide bonds. The Morgan fingerprint density at radius 2 is 1.64 bits per heavy atom. The van der Waals surface area contributed by atoms with Crippen LogP contribution in [0.3, 0.4) is 0 Å². The Morgan fingerprint density at radius 1 is 0.880 bits per heavy atom. The average Bonchev–Trinajstić information content (AvgIpc) is 2.69. The predicted molar refractivity (Wildman–Crippen MR) is 105 cm³/mol. The summed E-state index contributed by atoms with van der Waals surface area (Å²) in [5, 5.41) is 1.26. The van der Waals surface area contributed by atoms with E-state index in [1.165, 1.54) is 48.6 Å². The number of fused-ring (bicyclic) bond motifs is 1. The van der Waals surface area contributed by atoms with Crippen LogP contribution in [0.1, 0.15) is 50.5 Å². The molecule has 1 heterocycles. The summed E-state index contributed by atoms with van der Waals surface area (Å²) in [6.07, 6.45) is 6.85. The fraction of sp³-hybridized carbons (Fsp3) is 0.348. The lowest BCUT2D eigenvalue weighted by atomic mass is 9.84. The Labute approximate surface area is 149 Å². The molecule has 1 aliphatic rings. The molecule has 3 aromatic rings. The summed E-state index contributed by atoms with van der Waals surface area (Å²) in [5.74, 6) is 0.754. The van der Waals surface area contributed by atoms with Crippen molar-refractivity contribution in [2.24, 2.45) is 4.99 Å². The van der Waals surface area contributed by atoms with Crippen LogP contribution in [0.25, 0.3) is 10.9 Å². The molecule has 1 saturated carbocycles. The van der Waals surface area contributed by atoms with Crippen LogP contribution in [0.2, 0.25) is 0 Å². The highest BCUT2D eigenvalue weighted by molar-refractivity contribution is 5.78. The fourth-order valence-corrected chi connectivity index (χ4v) is 4.07. The van der Waals surface area contributed by atoms with Crippen LogP contribution >= 0.6 is 0 Å². The maximum Gasteiger partial charge on any atom is 0.133 e. The molecule has 0 radical (unpaired) electrons. The highest BCUT2D eigenvalue weighted by Gasteiger charge is 2.14. The molecule has 0 unspecified atom stereocenters. The summed E-state index contributed by atoms with van der Waals surface area (Å²) < 4.78 is 2.28. The molecule has 0 spiro atoms. The quantitative estimate of drug-likeness (QED) is 0.565. The highest BCUT2D eigenvalue weighted by Crippen LogP contribution is 2.33. The monoisotopic (exact) mass is 330 g/mol. The third-order valence-electron chi connectivity index (χ3n) is 5.45. The zero-order valence-electron chi connectivity index (χ0n) is 15.0. The average molecular weight is 330 g/mol. The van der Waals surface area contributed by atoms with Crippen molar-refractivity contribution < 1.29 is 0 Å². The topological polar surface area (TPSA) is 17.3 Å². The minimum atomic E-state index is 0.754. The third kappa shape index (κ3) is 3.39. The van der Waals surface area contributed by atoms with Crippen LogP contribution in [0, 0.1) is 0 Å². The summed E-state index contributed by atoms with van der Waals surface area (Å²) in [6.45, 7) is 3.10. The van der Waals surface area contributed by atoms with E-state index >= 15 is 0 Å². The van der Waals surface area contributed by atoms with Gasteiger partial charge in [-0.05, 0) is 67.0 Å². The molecule has 128 valence electrons. The first-order valence-corrected chi connectivity index (χ1v) is 9.58. The lowest BCUT2D eigenvalue weighted by molar-refractivity contribution is 0.443. The van der Waals surface area contributed by atoms with Crippen LogP contribution in [0.4, 0.5) is 5.69 Å². The molecule has 2 nitrogen and oxygen atoms in total. The zero-order chi connectivity index (χ0) is 17.1.